The van der Waals surface area contributed by atoms with Gasteiger partial charge < -0.3 is 21.5 Å². The van der Waals surface area contributed by atoms with E-state index in [0.717, 1.165) is 35.7 Å². The number of nitrogens with zero attached hydrogens (tertiary/aromatic N) is 4. The highest BCUT2D eigenvalue weighted by Gasteiger charge is 2.31. The average Bonchev–Trinajstić information content (AvgIpc) is 2.74. The summed E-state index contributed by atoms with van der Waals surface area (Å²) < 4.78 is 6.90. The molecule has 2 heterocycles. The van der Waals surface area contributed by atoms with Crippen LogP contribution in [0.25, 0.3) is 0 Å². The zero-order chi connectivity index (χ0) is 22.4. The van der Waals surface area contributed by atoms with Crippen molar-refractivity contribution in [3.63, 3.8) is 0 Å². The number of anilines is 3. The van der Waals surface area contributed by atoms with Crippen molar-refractivity contribution in [1.29, 1.82) is 10.5 Å². The lowest BCUT2D eigenvalue weighted by Crippen LogP contribution is -2.33. The third-order valence-electron chi connectivity index (χ3n) is 4.88. The fourth-order valence-electron chi connectivity index (χ4n) is 3.38. The van der Waals surface area contributed by atoms with Gasteiger partial charge in [-0.3, -0.25) is 5.32 Å². The maximum Gasteiger partial charge on any atom is 0.211 e. The van der Waals surface area contributed by atoms with Gasteiger partial charge in [-0.25, -0.2) is 9.98 Å². The Morgan fingerprint density at radius 2 is 2.06 bits per heavy atom. The number of nitrogens with two attached hydrogens (primary N) is 2. The standard InChI is InChI=1S/C21H23BrN8O/c1-2-3-4-5-8-31-15-7-6-12(22)9-13(15)18-16-17(25)14(10-23)19(26)29-20(16)30-21(28-18)27-11-24/h6-7,9,18H,2-5,8H2,1H3,(H6,25,26,27,28,29,30). The molecule has 1 aromatic heterocycles. The zero-order valence-corrected chi connectivity index (χ0v) is 18.7. The molecule has 1 aliphatic rings. The number of guanidine groups is 1. The van der Waals surface area contributed by atoms with Crippen LogP contribution in [0, 0.1) is 22.8 Å². The molecule has 9 nitrogen and oxygen atoms in total. The molecule has 0 spiro atoms. The van der Waals surface area contributed by atoms with Crippen molar-refractivity contribution < 1.29 is 4.74 Å². The van der Waals surface area contributed by atoms with E-state index < -0.39 is 6.04 Å². The van der Waals surface area contributed by atoms with Crippen molar-refractivity contribution in [2.45, 2.75) is 38.6 Å². The summed E-state index contributed by atoms with van der Waals surface area (Å²) in [5, 5.41) is 24.0. The highest BCUT2D eigenvalue weighted by molar-refractivity contribution is 9.10. The Labute approximate surface area is 189 Å². The number of nitriles is 2. The number of unbranched alkanes of at least 4 members (excludes halogenated alkanes) is 3. The molecule has 10 heteroatoms. The first kappa shape index (κ1) is 22.2. The Balaban J connectivity index is 2.08. The number of nitrogens with one attached hydrogen (secondary N) is 2. The normalized spacial score (nSPS) is 14.5. The summed E-state index contributed by atoms with van der Waals surface area (Å²) in [4.78, 5) is 8.89. The van der Waals surface area contributed by atoms with Crippen LogP contribution >= 0.6 is 15.9 Å². The summed E-state index contributed by atoms with van der Waals surface area (Å²) in [7, 11) is 0. The van der Waals surface area contributed by atoms with Gasteiger partial charge in [0.15, 0.2) is 6.19 Å². The highest BCUT2D eigenvalue weighted by atomic mass is 79.9. The van der Waals surface area contributed by atoms with Gasteiger partial charge in [0.25, 0.3) is 0 Å². The highest BCUT2D eigenvalue weighted by Crippen LogP contribution is 2.43. The second-order valence-corrected chi connectivity index (χ2v) is 7.91. The van der Waals surface area contributed by atoms with Gasteiger partial charge in [-0.1, -0.05) is 42.1 Å². The van der Waals surface area contributed by atoms with Crippen LogP contribution in [0.1, 0.15) is 55.3 Å². The molecule has 0 fully saturated rings. The lowest BCUT2D eigenvalue weighted by molar-refractivity contribution is 0.301. The van der Waals surface area contributed by atoms with Crippen molar-refractivity contribution in [2.75, 3.05) is 23.4 Å². The number of fused-ring (bicyclic) bond motifs is 1. The SMILES string of the molecule is CCCCCCOc1ccc(Br)cc1C1N=C(NC#N)Nc2nc(N)c(C#N)c(N)c21. The van der Waals surface area contributed by atoms with Crippen LogP contribution in [-0.4, -0.2) is 17.6 Å². The number of ether oxygens (including phenoxy) is 1. The fourth-order valence-corrected chi connectivity index (χ4v) is 3.76. The Bertz CT molecular complexity index is 1090. The van der Waals surface area contributed by atoms with E-state index in [1.54, 1.807) is 0 Å². The molecule has 1 aliphatic heterocycles. The minimum Gasteiger partial charge on any atom is -0.493 e. The quantitative estimate of drug-likeness (QED) is 0.263. The predicted molar refractivity (Wildman–Crippen MR) is 123 cm³/mol. The number of rotatable bonds is 7. The molecule has 1 aromatic carbocycles. The van der Waals surface area contributed by atoms with Crippen LogP contribution < -0.4 is 26.8 Å². The van der Waals surface area contributed by atoms with Crippen molar-refractivity contribution in [1.82, 2.24) is 10.3 Å². The molecule has 0 amide bonds. The zero-order valence-electron chi connectivity index (χ0n) is 17.1. The predicted octanol–water partition coefficient (Wildman–Crippen LogP) is 3.78. The third-order valence-corrected chi connectivity index (χ3v) is 5.37. The van der Waals surface area contributed by atoms with Crippen molar-refractivity contribution in [3.05, 3.63) is 39.4 Å². The van der Waals surface area contributed by atoms with Crippen LogP contribution in [0.15, 0.2) is 27.7 Å². The number of aromatic nitrogens is 1. The van der Waals surface area contributed by atoms with Crippen LogP contribution in [0.4, 0.5) is 17.3 Å². The molecule has 1 atom stereocenters. The van der Waals surface area contributed by atoms with Gasteiger partial charge in [0, 0.05) is 15.6 Å². The maximum absolute atomic E-state index is 9.49. The molecule has 2 aromatic rings. The van der Waals surface area contributed by atoms with Gasteiger partial charge in [0.1, 0.15) is 35.1 Å². The number of pyridine rings is 1. The van der Waals surface area contributed by atoms with E-state index in [4.69, 9.17) is 21.5 Å². The fraction of sp³-hybridized carbons (Fsp3) is 0.333. The Morgan fingerprint density at radius 1 is 1.26 bits per heavy atom. The van der Waals surface area contributed by atoms with Crippen molar-refractivity contribution >= 4 is 39.2 Å². The maximum atomic E-state index is 9.49. The van der Waals surface area contributed by atoms with E-state index in [2.05, 4.69) is 43.5 Å². The minimum atomic E-state index is -0.657. The third kappa shape index (κ3) is 4.81. The van der Waals surface area contributed by atoms with E-state index in [1.807, 2.05) is 30.5 Å². The molecule has 31 heavy (non-hydrogen) atoms. The van der Waals surface area contributed by atoms with Crippen LogP contribution in [0.3, 0.4) is 0 Å². The van der Waals surface area contributed by atoms with Gasteiger partial charge in [-0.05, 0) is 24.6 Å². The van der Waals surface area contributed by atoms with Crippen LogP contribution in [0.2, 0.25) is 0 Å². The first-order valence-electron chi connectivity index (χ1n) is 9.91. The van der Waals surface area contributed by atoms with Gasteiger partial charge >= 0.3 is 0 Å². The van der Waals surface area contributed by atoms with Gasteiger partial charge in [0.2, 0.25) is 5.96 Å². The van der Waals surface area contributed by atoms with Gasteiger partial charge in [-0.15, -0.1) is 0 Å². The van der Waals surface area contributed by atoms with E-state index in [9.17, 15) is 5.26 Å². The second kappa shape index (κ2) is 10.0. The lowest BCUT2D eigenvalue weighted by atomic mass is 9.94. The number of nitrogen functional groups attached to an aromatic ring is 2. The summed E-state index contributed by atoms with van der Waals surface area (Å²) in [6.45, 7) is 2.73. The topological polar surface area (TPSA) is 158 Å². The van der Waals surface area contributed by atoms with Crippen LogP contribution in [0.5, 0.6) is 5.75 Å². The number of halogens is 1. The summed E-state index contributed by atoms with van der Waals surface area (Å²) in [6.07, 6.45) is 6.18. The van der Waals surface area contributed by atoms with Crippen LogP contribution in [-0.2, 0) is 0 Å². The molecule has 0 saturated carbocycles. The van der Waals surface area contributed by atoms with E-state index in [1.165, 1.54) is 0 Å². The lowest BCUT2D eigenvalue weighted by Gasteiger charge is -2.27. The van der Waals surface area contributed by atoms with Crippen molar-refractivity contribution in [2.24, 2.45) is 4.99 Å². The van der Waals surface area contributed by atoms with E-state index >= 15 is 0 Å². The van der Waals surface area contributed by atoms with Gasteiger partial charge in [-0.2, -0.15) is 10.5 Å². The molecule has 0 aliphatic carbocycles. The molecule has 6 N–H and O–H groups in total. The molecule has 160 valence electrons. The number of aliphatic imine (C=N–C) groups is 1. The largest absolute Gasteiger partial charge is 0.493 e. The Kier molecular flexibility index (Phi) is 7.16. The summed E-state index contributed by atoms with van der Waals surface area (Å²) >= 11 is 3.50. The van der Waals surface area contributed by atoms with Crippen molar-refractivity contribution in [3.8, 4) is 18.0 Å². The molecular formula is C21H23BrN8O. The monoisotopic (exact) mass is 482 g/mol. The molecule has 1 unspecified atom stereocenters. The summed E-state index contributed by atoms with van der Waals surface area (Å²) in [6, 6.07) is 6.98. The molecular weight excluding hydrogens is 460 g/mol. The Morgan fingerprint density at radius 3 is 2.77 bits per heavy atom. The average molecular weight is 483 g/mol. The number of benzene rings is 1. The number of hydrogen-bond acceptors (Lipinski definition) is 9. The molecule has 0 saturated heterocycles. The molecule has 3 rings (SSSR count). The first-order chi connectivity index (χ1) is 15.0. The number of hydrogen-bond donors (Lipinski definition) is 4. The summed E-state index contributed by atoms with van der Waals surface area (Å²) in [5.41, 5.74) is 13.7. The summed E-state index contributed by atoms with van der Waals surface area (Å²) in [5.74, 6) is 1.18. The minimum absolute atomic E-state index is 0.00449. The van der Waals surface area contributed by atoms with Gasteiger partial charge in [0.05, 0.1) is 12.3 Å². The first-order valence-corrected chi connectivity index (χ1v) is 10.7. The molecule has 0 radical (unpaired) electrons. The Hall–Kier alpha value is -3.50. The van der Waals surface area contributed by atoms with E-state index in [0.29, 0.717) is 23.7 Å². The molecule has 0 bridgehead atoms. The second-order valence-electron chi connectivity index (χ2n) is 6.99. The van der Waals surface area contributed by atoms with E-state index in [-0.39, 0.29) is 23.0 Å². The smallest absolute Gasteiger partial charge is 0.211 e.